The number of anilines is 1. The van der Waals surface area contributed by atoms with Gasteiger partial charge in [-0.1, -0.05) is 6.92 Å². The Morgan fingerprint density at radius 1 is 1.38 bits per heavy atom. The van der Waals surface area contributed by atoms with Crippen molar-refractivity contribution in [1.82, 2.24) is 4.98 Å². The zero-order chi connectivity index (χ0) is 11.7. The highest BCUT2D eigenvalue weighted by Gasteiger charge is 2.27. The minimum Gasteiger partial charge on any atom is -0.367 e. The number of pyridine rings is 1. The van der Waals surface area contributed by atoms with Crippen LogP contribution in [0.25, 0.3) is 0 Å². The molecule has 0 radical (unpaired) electrons. The van der Waals surface area contributed by atoms with E-state index in [9.17, 15) is 13.2 Å². The van der Waals surface area contributed by atoms with Gasteiger partial charge in [-0.05, 0) is 24.7 Å². The van der Waals surface area contributed by atoms with Crippen molar-refractivity contribution < 1.29 is 13.2 Å². The van der Waals surface area contributed by atoms with Crippen LogP contribution in [-0.4, -0.2) is 11.5 Å². The Kier molecular flexibility index (Phi) is 3.03. The van der Waals surface area contributed by atoms with Gasteiger partial charge in [-0.3, -0.25) is 0 Å². The van der Waals surface area contributed by atoms with Gasteiger partial charge in [0.2, 0.25) is 0 Å². The molecule has 16 heavy (non-hydrogen) atoms. The van der Waals surface area contributed by atoms with Gasteiger partial charge in [-0.25, -0.2) is 8.78 Å². The van der Waals surface area contributed by atoms with Gasteiger partial charge in [0.05, 0.1) is 0 Å². The monoisotopic (exact) mass is 230 g/mol. The van der Waals surface area contributed by atoms with Crippen molar-refractivity contribution in [3.63, 3.8) is 0 Å². The number of hydrogen-bond acceptors (Lipinski definition) is 2. The first-order valence-electron chi connectivity index (χ1n) is 5.33. The molecule has 1 aromatic rings. The second-order valence-electron chi connectivity index (χ2n) is 4.29. The topological polar surface area (TPSA) is 24.9 Å². The molecular weight excluding hydrogens is 217 g/mol. The Labute approximate surface area is 91.9 Å². The maximum absolute atomic E-state index is 13.2. The minimum absolute atomic E-state index is 0.216. The Morgan fingerprint density at radius 2 is 2.06 bits per heavy atom. The molecule has 1 saturated carbocycles. The molecule has 0 aliphatic heterocycles. The highest BCUT2D eigenvalue weighted by Crippen LogP contribution is 2.36. The maximum atomic E-state index is 13.2. The summed E-state index contributed by atoms with van der Waals surface area (Å²) in [6.07, 6.45) is 2.38. The summed E-state index contributed by atoms with van der Waals surface area (Å²) >= 11 is 0. The Morgan fingerprint density at radius 3 is 2.69 bits per heavy atom. The molecule has 1 fully saturated rings. The van der Waals surface area contributed by atoms with Gasteiger partial charge in [0, 0.05) is 12.6 Å². The van der Waals surface area contributed by atoms with E-state index in [1.165, 1.54) is 12.8 Å². The third kappa shape index (κ3) is 2.46. The van der Waals surface area contributed by atoms with Crippen molar-refractivity contribution >= 4 is 5.82 Å². The standard InChI is InChI=1S/C11H13F3N2/c1-6(7-2-3-7)5-15-11-9(13)4-8(12)10(14)16-11/h4,6-7H,2-3,5H2,1H3,(H,15,16). The summed E-state index contributed by atoms with van der Waals surface area (Å²) < 4.78 is 38.5. The molecule has 88 valence electrons. The summed E-state index contributed by atoms with van der Waals surface area (Å²) in [7, 11) is 0. The third-order valence-electron chi connectivity index (χ3n) is 2.90. The summed E-state index contributed by atoms with van der Waals surface area (Å²) in [6, 6.07) is 0.506. The number of halogens is 3. The molecule has 0 spiro atoms. The van der Waals surface area contributed by atoms with Gasteiger partial charge in [0.15, 0.2) is 17.5 Å². The molecule has 2 rings (SSSR count). The van der Waals surface area contributed by atoms with Gasteiger partial charge in [-0.15, -0.1) is 0 Å². The van der Waals surface area contributed by atoms with E-state index in [0.717, 1.165) is 0 Å². The van der Waals surface area contributed by atoms with Crippen LogP contribution in [-0.2, 0) is 0 Å². The summed E-state index contributed by atoms with van der Waals surface area (Å²) in [5.74, 6) is -2.55. The van der Waals surface area contributed by atoms with E-state index in [0.29, 0.717) is 24.4 Å². The first-order valence-corrected chi connectivity index (χ1v) is 5.33. The fraction of sp³-hybridized carbons (Fsp3) is 0.545. The van der Waals surface area contributed by atoms with E-state index in [1.807, 2.05) is 6.92 Å². The van der Waals surface area contributed by atoms with Crippen molar-refractivity contribution in [2.24, 2.45) is 11.8 Å². The lowest BCUT2D eigenvalue weighted by molar-refractivity contribution is 0.464. The second kappa shape index (κ2) is 4.31. The van der Waals surface area contributed by atoms with Crippen LogP contribution in [0.2, 0.25) is 0 Å². The lowest BCUT2D eigenvalue weighted by atomic mass is 10.1. The molecule has 1 aromatic heterocycles. The van der Waals surface area contributed by atoms with Crippen LogP contribution in [0, 0.1) is 29.4 Å². The van der Waals surface area contributed by atoms with E-state index < -0.39 is 17.6 Å². The van der Waals surface area contributed by atoms with Gasteiger partial charge < -0.3 is 5.32 Å². The molecule has 1 unspecified atom stereocenters. The smallest absolute Gasteiger partial charge is 0.251 e. The number of nitrogens with zero attached hydrogens (tertiary/aromatic N) is 1. The van der Waals surface area contributed by atoms with Gasteiger partial charge in [0.25, 0.3) is 5.95 Å². The van der Waals surface area contributed by atoms with E-state index in [4.69, 9.17) is 0 Å². The van der Waals surface area contributed by atoms with Crippen LogP contribution < -0.4 is 5.32 Å². The molecule has 0 amide bonds. The van der Waals surface area contributed by atoms with E-state index in [-0.39, 0.29) is 5.82 Å². The predicted octanol–water partition coefficient (Wildman–Crippen LogP) is 2.96. The predicted molar refractivity (Wildman–Crippen MR) is 54.5 cm³/mol. The van der Waals surface area contributed by atoms with Crippen LogP contribution in [0.4, 0.5) is 19.0 Å². The fourth-order valence-corrected chi connectivity index (χ4v) is 1.66. The maximum Gasteiger partial charge on any atom is 0.251 e. The first-order chi connectivity index (χ1) is 7.58. The van der Waals surface area contributed by atoms with Crippen LogP contribution in [0.15, 0.2) is 6.07 Å². The number of nitrogens with one attached hydrogen (secondary N) is 1. The molecule has 5 heteroatoms. The summed E-state index contributed by atoms with van der Waals surface area (Å²) in [4.78, 5) is 3.20. The highest BCUT2D eigenvalue weighted by molar-refractivity contribution is 5.36. The van der Waals surface area contributed by atoms with Crippen molar-refractivity contribution in [1.29, 1.82) is 0 Å². The summed E-state index contributed by atoms with van der Waals surface area (Å²) in [5, 5.41) is 2.71. The van der Waals surface area contributed by atoms with Crippen LogP contribution in [0.1, 0.15) is 19.8 Å². The largest absolute Gasteiger partial charge is 0.367 e. The molecule has 0 saturated heterocycles. The molecule has 1 N–H and O–H groups in total. The number of aromatic nitrogens is 1. The lowest BCUT2D eigenvalue weighted by Crippen LogP contribution is -2.15. The van der Waals surface area contributed by atoms with Crippen molar-refractivity contribution in [3.05, 3.63) is 23.6 Å². The summed E-state index contributed by atoms with van der Waals surface area (Å²) in [6.45, 7) is 2.57. The van der Waals surface area contributed by atoms with Crippen LogP contribution >= 0.6 is 0 Å². The van der Waals surface area contributed by atoms with Crippen molar-refractivity contribution in [2.75, 3.05) is 11.9 Å². The lowest BCUT2D eigenvalue weighted by Gasteiger charge is -2.12. The second-order valence-corrected chi connectivity index (χ2v) is 4.29. The van der Waals surface area contributed by atoms with Gasteiger partial charge in [0.1, 0.15) is 0 Å². The third-order valence-corrected chi connectivity index (χ3v) is 2.90. The molecular formula is C11H13F3N2. The van der Waals surface area contributed by atoms with E-state index in [1.54, 1.807) is 0 Å². The first kappa shape index (κ1) is 11.2. The Balaban J connectivity index is 2.00. The SMILES string of the molecule is CC(CNc1nc(F)c(F)cc1F)C1CC1. The van der Waals surface area contributed by atoms with Crippen molar-refractivity contribution in [2.45, 2.75) is 19.8 Å². The van der Waals surface area contributed by atoms with Gasteiger partial charge in [-0.2, -0.15) is 9.37 Å². The molecule has 1 atom stereocenters. The number of hydrogen-bond donors (Lipinski definition) is 1. The molecule has 1 aliphatic carbocycles. The minimum atomic E-state index is -1.28. The molecule has 1 heterocycles. The molecule has 0 bridgehead atoms. The molecule has 0 aromatic carbocycles. The summed E-state index contributed by atoms with van der Waals surface area (Å²) in [5.41, 5.74) is 0. The van der Waals surface area contributed by atoms with Crippen LogP contribution in [0.5, 0.6) is 0 Å². The Hall–Kier alpha value is -1.26. The zero-order valence-electron chi connectivity index (χ0n) is 8.93. The van der Waals surface area contributed by atoms with Crippen molar-refractivity contribution in [3.8, 4) is 0 Å². The van der Waals surface area contributed by atoms with Crippen LogP contribution in [0.3, 0.4) is 0 Å². The number of rotatable bonds is 4. The Bertz CT molecular complexity index is 391. The normalized spacial score (nSPS) is 17.2. The quantitative estimate of drug-likeness (QED) is 0.804. The molecule has 1 aliphatic rings. The molecule has 2 nitrogen and oxygen atoms in total. The average Bonchev–Trinajstić information content (AvgIpc) is 3.04. The van der Waals surface area contributed by atoms with Gasteiger partial charge >= 0.3 is 0 Å². The average molecular weight is 230 g/mol. The fourth-order valence-electron chi connectivity index (χ4n) is 1.66. The van der Waals surface area contributed by atoms with E-state index >= 15 is 0 Å². The highest BCUT2D eigenvalue weighted by atomic mass is 19.2. The zero-order valence-corrected chi connectivity index (χ0v) is 8.93. The van der Waals surface area contributed by atoms with E-state index in [2.05, 4.69) is 10.3 Å².